The summed E-state index contributed by atoms with van der Waals surface area (Å²) in [7, 11) is 0. The van der Waals surface area contributed by atoms with Gasteiger partial charge < -0.3 is 10.6 Å². The Labute approximate surface area is 94.5 Å². The Balaban J connectivity index is 2.25. The van der Waals surface area contributed by atoms with Gasteiger partial charge in [-0.2, -0.15) is 0 Å². The van der Waals surface area contributed by atoms with Gasteiger partial charge in [0.05, 0.1) is 0 Å². The first-order chi connectivity index (χ1) is 7.11. The summed E-state index contributed by atoms with van der Waals surface area (Å²) in [6.45, 7) is 14.1. The van der Waals surface area contributed by atoms with E-state index in [0.29, 0.717) is 0 Å². The van der Waals surface area contributed by atoms with Crippen molar-refractivity contribution in [2.45, 2.75) is 33.6 Å². The fourth-order valence-electron chi connectivity index (χ4n) is 2.50. The van der Waals surface area contributed by atoms with Crippen LogP contribution in [0.2, 0.25) is 0 Å². The standard InChI is InChI=1S/C13H26N2/c1-10(2)15-8-6-12(4)13-9-14-7-5-11(13)3/h11-15H,1,5-9H2,2-4H3/t11-,12-,13?/m1/s1. The van der Waals surface area contributed by atoms with E-state index in [4.69, 9.17) is 0 Å². The summed E-state index contributed by atoms with van der Waals surface area (Å²) in [5.74, 6) is 2.54. The molecular formula is C13H26N2. The molecule has 1 rings (SSSR count). The van der Waals surface area contributed by atoms with E-state index in [-0.39, 0.29) is 0 Å². The Morgan fingerprint density at radius 2 is 2.33 bits per heavy atom. The molecule has 0 spiro atoms. The van der Waals surface area contributed by atoms with E-state index in [1.54, 1.807) is 0 Å². The molecule has 1 aliphatic heterocycles. The summed E-state index contributed by atoms with van der Waals surface area (Å²) in [4.78, 5) is 0. The predicted octanol–water partition coefficient (Wildman–Crippen LogP) is 2.38. The van der Waals surface area contributed by atoms with Crippen LogP contribution in [0.15, 0.2) is 12.3 Å². The van der Waals surface area contributed by atoms with Gasteiger partial charge in [-0.05, 0) is 50.6 Å². The maximum atomic E-state index is 3.86. The van der Waals surface area contributed by atoms with Crippen LogP contribution < -0.4 is 10.6 Å². The lowest BCUT2D eigenvalue weighted by molar-refractivity contribution is 0.193. The van der Waals surface area contributed by atoms with Gasteiger partial charge in [0.15, 0.2) is 0 Å². The van der Waals surface area contributed by atoms with E-state index in [9.17, 15) is 0 Å². The molecule has 1 fully saturated rings. The van der Waals surface area contributed by atoms with E-state index >= 15 is 0 Å². The second-order valence-electron chi connectivity index (χ2n) is 5.11. The Hall–Kier alpha value is -0.500. The van der Waals surface area contributed by atoms with Crippen LogP contribution in [0, 0.1) is 17.8 Å². The maximum Gasteiger partial charge on any atom is 0.0146 e. The van der Waals surface area contributed by atoms with E-state index in [2.05, 4.69) is 31.1 Å². The van der Waals surface area contributed by atoms with Crippen molar-refractivity contribution >= 4 is 0 Å². The van der Waals surface area contributed by atoms with Gasteiger partial charge in [0.25, 0.3) is 0 Å². The third-order valence-electron chi connectivity index (χ3n) is 3.64. The smallest absolute Gasteiger partial charge is 0.0146 e. The summed E-state index contributed by atoms with van der Waals surface area (Å²) in [6.07, 6.45) is 2.59. The molecule has 88 valence electrons. The Morgan fingerprint density at radius 3 is 2.93 bits per heavy atom. The molecule has 0 aromatic heterocycles. The number of allylic oxidation sites excluding steroid dienone is 1. The Morgan fingerprint density at radius 1 is 1.60 bits per heavy atom. The van der Waals surface area contributed by atoms with Crippen LogP contribution in [0.4, 0.5) is 0 Å². The number of nitrogens with one attached hydrogen (secondary N) is 2. The van der Waals surface area contributed by atoms with Crippen molar-refractivity contribution in [1.82, 2.24) is 10.6 Å². The van der Waals surface area contributed by atoms with E-state index in [1.807, 2.05) is 6.92 Å². The normalized spacial score (nSPS) is 28.5. The minimum absolute atomic E-state index is 0.805. The highest BCUT2D eigenvalue weighted by Crippen LogP contribution is 2.27. The van der Waals surface area contributed by atoms with Gasteiger partial charge in [-0.1, -0.05) is 20.4 Å². The molecule has 0 radical (unpaired) electrons. The molecule has 0 bridgehead atoms. The lowest BCUT2D eigenvalue weighted by atomic mass is 9.78. The SMILES string of the molecule is C=C(C)NCC[C@@H](C)C1CNCC[C@H]1C. The van der Waals surface area contributed by atoms with Gasteiger partial charge >= 0.3 is 0 Å². The topological polar surface area (TPSA) is 24.1 Å². The third-order valence-corrected chi connectivity index (χ3v) is 3.64. The predicted molar refractivity (Wildman–Crippen MR) is 66.7 cm³/mol. The first-order valence-electron chi connectivity index (χ1n) is 6.21. The van der Waals surface area contributed by atoms with Crippen molar-refractivity contribution in [3.05, 3.63) is 12.3 Å². The zero-order valence-electron chi connectivity index (χ0n) is 10.5. The molecule has 1 aliphatic rings. The monoisotopic (exact) mass is 210 g/mol. The average molecular weight is 210 g/mol. The minimum Gasteiger partial charge on any atom is -0.389 e. The molecule has 0 saturated carbocycles. The molecule has 1 unspecified atom stereocenters. The summed E-state index contributed by atoms with van der Waals surface area (Å²) < 4.78 is 0. The lowest BCUT2D eigenvalue weighted by Crippen LogP contribution is -2.39. The van der Waals surface area contributed by atoms with Crippen LogP contribution in [-0.2, 0) is 0 Å². The number of piperidine rings is 1. The van der Waals surface area contributed by atoms with Gasteiger partial charge in [-0.15, -0.1) is 0 Å². The summed E-state index contributed by atoms with van der Waals surface area (Å²) in [6, 6.07) is 0. The molecule has 0 aliphatic carbocycles. The third kappa shape index (κ3) is 4.25. The van der Waals surface area contributed by atoms with Crippen LogP contribution in [0.3, 0.4) is 0 Å². The first kappa shape index (κ1) is 12.6. The highest BCUT2D eigenvalue weighted by Gasteiger charge is 2.25. The Kier molecular flexibility index (Phi) is 5.16. The number of hydrogen-bond acceptors (Lipinski definition) is 2. The molecule has 2 nitrogen and oxygen atoms in total. The number of hydrogen-bond donors (Lipinski definition) is 2. The molecule has 3 atom stereocenters. The van der Waals surface area contributed by atoms with Crippen LogP contribution in [0.25, 0.3) is 0 Å². The van der Waals surface area contributed by atoms with Crippen LogP contribution >= 0.6 is 0 Å². The van der Waals surface area contributed by atoms with Crippen molar-refractivity contribution in [3.8, 4) is 0 Å². The van der Waals surface area contributed by atoms with E-state index in [1.165, 1.54) is 25.9 Å². The molecule has 0 aromatic carbocycles. The van der Waals surface area contributed by atoms with Crippen molar-refractivity contribution in [3.63, 3.8) is 0 Å². The van der Waals surface area contributed by atoms with Crippen molar-refractivity contribution in [2.75, 3.05) is 19.6 Å². The van der Waals surface area contributed by atoms with Gasteiger partial charge in [0.2, 0.25) is 0 Å². The van der Waals surface area contributed by atoms with Crippen LogP contribution in [0.5, 0.6) is 0 Å². The van der Waals surface area contributed by atoms with Gasteiger partial charge in [-0.3, -0.25) is 0 Å². The second-order valence-corrected chi connectivity index (χ2v) is 5.11. The summed E-state index contributed by atoms with van der Waals surface area (Å²) in [5.41, 5.74) is 1.08. The van der Waals surface area contributed by atoms with Crippen LogP contribution in [0.1, 0.15) is 33.6 Å². The van der Waals surface area contributed by atoms with E-state index < -0.39 is 0 Å². The fourth-order valence-corrected chi connectivity index (χ4v) is 2.50. The molecule has 2 heteroatoms. The second kappa shape index (κ2) is 6.16. The van der Waals surface area contributed by atoms with Crippen molar-refractivity contribution in [2.24, 2.45) is 17.8 Å². The molecule has 1 saturated heterocycles. The largest absolute Gasteiger partial charge is 0.389 e. The minimum atomic E-state index is 0.805. The molecule has 0 amide bonds. The average Bonchev–Trinajstić information content (AvgIpc) is 2.17. The zero-order chi connectivity index (χ0) is 11.3. The van der Waals surface area contributed by atoms with Gasteiger partial charge in [-0.25, -0.2) is 0 Å². The first-order valence-corrected chi connectivity index (χ1v) is 6.21. The fraction of sp³-hybridized carbons (Fsp3) is 0.846. The molecule has 15 heavy (non-hydrogen) atoms. The van der Waals surface area contributed by atoms with Gasteiger partial charge in [0, 0.05) is 12.2 Å². The summed E-state index contributed by atoms with van der Waals surface area (Å²) in [5, 5.41) is 6.82. The number of rotatable bonds is 5. The van der Waals surface area contributed by atoms with Gasteiger partial charge in [0.1, 0.15) is 0 Å². The molecule has 0 aromatic rings. The molecule has 2 N–H and O–H groups in total. The molecular weight excluding hydrogens is 184 g/mol. The van der Waals surface area contributed by atoms with E-state index in [0.717, 1.165) is 30.0 Å². The van der Waals surface area contributed by atoms with Crippen LogP contribution in [-0.4, -0.2) is 19.6 Å². The molecule has 1 heterocycles. The maximum absolute atomic E-state index is 3.86. The summed E-state index contributed by atoms with van der Waals surface area (Å²) >= 11 is 0. The zero-order valence-corrected chi connectivity index (χ0v) is 10.5. The highest BCUT2D eigenvalue weighted by atomic mass is 14.9. The highest BCUT2D eigenvalue weighted by molar-refractivity contribution is 4.85. The Bertz CT molecular complexity index is 201. The quantitative estimate of drug-likeness (QED) is 0.728. The lowest BCUT2D eigenvalue weighted by Gasteiger charge is -2.34. The van der Waals surface area contributed by atoms with Crippen molar-refractivity contribution < 1.29 is 0 Å². The van der Waals surface area contributed by atoms with Crippen molar-refractivity contribution in [1.29, 1.82) is 0 Å².